The molecule has 3 rings (SSSR count). The van der Waals surface area contributed by atoms with E-state index in [0.717, 1.165) is 17.0 Å². The van der Waals surface area contributed by atoms with Crippen LogP contribution >= 0.6 is 34.4 Å². The van der Waals surface area contributed by atoms with Crippen LogP contribution in [-0.2, 0) is 14.3 Å². The van der Waals surface area contributed by atoms with Crippen LogP contribution < -0.4 is 10.6 Å². The number of benzene rings is 1. The first-order valence-corrected chi connectivity index (χ1v) is 11.4. The standard InChI is InChI=1S/C19H18N4O5S3/c1-10-13(16(25)27-2)15(30-14(10)17(26)28-3)21-12(24)9-29-19-23-22-18(31-19)20-11-7-5-4-6-8-11/h4-8H,9H2,1-3H3,(H,20,22)(H,21,24). The number of ether oxygens (including phenoxy) is 2. The van der Waals surface area contributed by atoms with Gasteiger partial charge in [0, 0.05) is 5.69 Å². The van der Waals surface area contributed by atoms with E-state index in [9.17, 15) is 14.4 Å². The van der Waals surface area contributed by atoms with E-state index in [-0.39, 0.29) is 27.1 Å². The summed E-state index contributed by atoms with van der Waals surface area (Å²) in [6, 6.07) is 9.55. The summed E-state index contributed by atoms with van der Waals surface area (Å²) in [6.07, 6.45) is 0. The maximum atomic E-state index is 12.5. The Morgan fingerprint density at radius 1 is 1.03 bits per heavy atom. The number of nitrogens with one attached hydrogen (secondary N) is 2. The van der Waals surface area contributed by atoms with Crippen LogP contribution in [0.3, 0.4) is 0 Å². The molecule has 162 valence electrons. The van der Waals surface area contributed by atoms with Gasteiger partial charge in [-0.15, -0.1) is 21.5 Å². The van der Waals surface area contributed by atoms with Crippen molar-refractivity contribution in [2.75, 3.05) is 30.6 Å². The van der Waals surface area contributed by atoms with Gasteiger partial charge in [-0.25, -0.2) is 9.59 Å². The first-order chi connectivity index (χ1) is 14.9. The van der Waals surface area contributed by atoms with Crippen LogP contribution in [0, 0.1) is 6.92 Å². The maximum Gasteiger partial charge on any atom is 0.348 e. The minimum absolute atomic E-state index is 0.0467. The molecule has 31 heavy (non-hydrogen) atoms. The summed E-state index contributed by atoms with van der Waals surface area (Å²) in [7, 11) is 2.48. The van der Waals surface area contributed by atoms with Gasteiger partial charge < -0.3 is 20.1 Å². The third-order valence-electron chi connectivity index (χ3n) is 3.92. The molecular weight excluding hydrogens is 460 g/mol. The minimum Gasteiger partial charge on any atom is -0.465 e. The van der Waals surface area contributed by atoms with Crippen molar-refractivity contribution in [2.45, 2.75) is 11.3 Å². The van der Waals surface area contributed by atoms with Crippen molar-refractivity contribution in [1.82, 2.24) is 10.2 Å². The highest BCUT2D eigenvalue weighted by atomic mass is 32.2. The molecule has 0 aliphatic heterocycles. The number of anilines is 3. The molecule has 0 atom stereocenters. The lowest BCUT2D eigenvalue weighted by Crippen LogP contribution is -2.16. The number of para-hydroxylation sites is 1. The molecule has 0 fully saturated rings. The fourth-order valence-electron chi connectivity index (χ4n) is 2.49. The van der Waals surface area contributed by atoms with Crippen molar-refractivity contribution in [1.29, 1.82) is 0 Å². The van der Waals surface area contributed by atoms with E-state index in [2.05, 4.69) is 20.8 Å². The van der Waals surface area contributed by atoms with Gasteiger partial charge in [0.05, 0.1) is 25.5 Å². The molecule has 1 aromatic carbocycles. The summed E-state index contributed by atoms with van der Waals surface area (Å²) in [5.41, 5.74) is 1.42. The van der Waals surface area contributed by atoms with Crippen molar-refractivity contribution >= 4 is 68.1 Å². The highest BCUT2D eigenvalue weighted by Crippen LogP contribution is 2.34. The molecule has 2 aromatic heterocycles. The summed E-state index contributed by atoms with van der Waals surface area (Å²) in [6.45, 7) is 1.60. The Hall–Kier alpha value is -2.96. The van der Waals surface area contributed by atoms with Gasteiger partial charge in [0.2, 0.25) is 11.0 Å². The molecule has 0 saturated heterocycles. The molecule has 9 nitrogen and oxygen atoms in total. The van der Waals surface area contributed by atoms with Gasteiger partial charge in [-0.05, 0) is 24.6 Å². The van der Waals surface area contributed by atoms with Gasteiger partial charge in [-0.3, -0.25) is 4.79 Å². The number of rotatable bonds is 8. The van der Waals surface area contributed by atoms with Crippen molar-refractivity contribution in [3.63, 3.8) is 0 Å². The third-order valence-corrected chi connectivity index (χ3v) is 7.08. The molecule has 3 aromatic rings. The molecule has 0 saturated carbocycles. The van der Waals surface area contributed by atoms with Crippen LogP contribution in [0.5, 0.6) is 0 Å². The van der Waals surface area contributed by atoms with Gasteiger partial charge in [0.25, 0.3) is 0 Å². The Morgan fingerprint density at radius 3 is 2.42 bits per heavy atom. The van der Waals surface area contributed by atoms with E-state index in [0.29, 0.717) is 15.0 Å². The molecule has 1 amide bonds. The zero-order valence-corrected chi connectivity index (χ0v) is 19.2. The average molecular weight is 479 g/mol. The number of hydrogen-bond donors (Lipinski definition) is 2. The van der Waals surface area contributed by atoms with E-state index in [4.69, 9.17) is 9.47 Å². The normalized spacial score (nSPS) is 10.4. The number of nitrogens with zero attached hydrogens (tertiary/aromatic N) is 2. The lowest BCUT2D eigenvalue weighted by Gasteiger charge is -2.05. The number of amides is 1. The van der Waals surface area contributed by atoms with Gasteiger partial charge in [-0.2, -0.15) is 0 Å². The monoisotopic (exact) mass is 478 g/mol. The molecule has 0 unspecified atom stereocenters. The predicted molar refractivity (Wildman–Crippen MR) is 121 cm³/mol. The second-order valence-corrected chi connectivity index (χ2v) is 9.17. The smallest absolute Gasteiger partial charge is 0.348 e. The predicted octanol–water partition coefficient (Wildman–Crippen LogP) is 3.96. The molecular formula is C19H18N4O5S3. The lowest BCUT2D eigenvalue weighted by molar-refractivity contribution is -0.113. The van der Waals surface area contributed by atoms with Gasteiger partial charge >= 0.3 is 11.9 Å². The molecule has 2 N–H and O–H groups in total. The Bertz CT molecular complexity index is 1100. The van der Waals surface area contributed by atoms with Gasteiger partial charge in [0.1, 0.15) is 9.88 Å². The van der Waals surface area contributed by atoms with E-state index in [1.807, 2.05) is 30.3 Å². The molecule has 0 aliphatic rings. The number of methoxy groups -OCH3 is 2. The number of thioether (sulfide) groups is 1. The Balaban J connectivity index is 1.65. The molecule has 0 aliphatic carbocycles. The van der Waals surface area contributed by atoms with Crippen molar-refractivity contribution in [3.8, 4) is 0 Å². The van der Waals surface area contributed by atoms with Crippen molar-refractivity contribution < 1.29 is 23.9 Å². The first-order valence-electron chi connectivity index (χ1n) is 8.81. The summed E-state index contributed by atoms with van der Waals surface area (Å²) in [5.74, 6) is -1.55. The Morgan fingerprint density at radius 2 is 1.74 bits per heavy atom. The number of esters is 2. The van der Waals surface area contributed by atoms with E-state index in [1.165, 1.54) is 37.3 Å². The number of aromatic nitrogens is 2. The molecule has 12 heteroatoms. The van der Waals surface area contributed by atoms with Crippen LogP contribution in [0.1, 0.15) is 25.6 Å². The quantitative estimate of drug-likeness (QED) is 0.366. The lowest BCUT2D eigenvalue weighted by atomic mass is 10.1. The van der Waals surface area contributed by atoms with Crippen molar-refractivity contribution in [3.05, 3.63) is 46.3 Å². The van der Waals surface area contributed by atoms with Crippen LogP contribution in [0.25, 0.3) is 0 Å². The molecule has 0 radical (unpaired) electrons. The summed E-state index contributed by atoms with van der Waals surface area (Å²) in [5, 5.41) is 14.8. The second kappa shape index (κ2) is 10.4. The van der Waals surface area contributed by atoms with E-state index >= 15 is 0 Å². The van der Waals surface area contributed by atoms with Gasteiger partial charge in [-0.1, -0.05) is 41.3 Å². The Labute approximate surface area is 190 Å². The Kier molecular flexibility index (Phi) is 7.60. The average Bonchev–Trinajstić information content (AvgIpc) is 3.35. The van der Waals surface area contributed by atoms with E-state index < -0.39 is 11.9 Å². The highest BCUT2D eigenvalue weighted by Gasteiger charge is 2.26. The number of thiophene rings is 1. The summed E-state index contributed by atoms with van der Waals surface area (Å²) in [4.78, 5) is 36.8. The second-order valence-electron chi connectivity index (χ2n) is 5.94. The zero-order chi connectivity index (χ0) is 22.4. The minimum atomic E-state index is -0.646. The van der Waals surface area contributed by atoms with E-state index in [1.54, 1.807) is 6.92 Å². The number of carbonyl (C=O) groups is 3. The van der Waals surface area contributed by atoms with Crippen LogP contribution in [0.4, 0.5) is 15.8 Å². The third kappa shape index (κ3) is 5.60. The first kappa shape index (κ1) is 22.7. The maximum absolute atomic E-state index is 12.5. The van der Waals surface area contributed by atoms with Crippen molar-refractivity contribution in [2.24, 2.45) is 0 Å². The molecule has 2 heterocycles. The SMILES string of the molecule is COC(=O)c1sc(NC(=O)CSc2nnc(Nc3ccccc3)s2)c(C(=O)OC)c1C. The molecule has 0 spiro atoms. The number of hydrogen-bond acceptors (Lipinski definition) is 11. The largest absolute Gasteiger partial charge is 0.465 e. The van der Waals surface area contributed by atoms with Gasteiger partial charge in [0.15, 0.2) is 4.34 Å². The zero-order valence-electron chi connectivity index (χ0n) is 16.8. The van der Waals surface area contributed by atoms with Crippen LogP contribution in [-0.4, -0.2) is 48.0 Å². The van der Waals surface area contributed by atoms with Crippen LogP contribution in [0.15, 0.2) is 34.7 Å². The topological polar surface area (TPSA) is 120 Å². The summed E-state index contributed by atoms with van der Waals surface area (Å²) < 4.78 is 10.1. The fraction of sp³-hybridized carbons (Fsp3) is 0.211. The highest BCUT2D eigenvalue weighted by molar-refractivity contribution is 8.01. The fourth-order valence-corrected chi connectivity index (χ4v) is 5.19. The summed E-state index contributed by atoms with van der Waals surface area (Å²) >= 11 is 3.49. The molecule has 0 bridgehead atoms. The van der Waals surface area contributed by atoms with Crippen LogP contribution in [0.2, 0.25) is 0 Å². The number of carbonyl (C=O) groups excluding carboxylic acids is 3.